The van der Waals surface area contributed by atoms with Crippen LogP contribution in [0.15, 0.2) is 18.2 Å². The summed E-state index contributed by atoms with van der Waals surface area (Å²) in [6.07, 6.45) is 2.09. The lowest BCUT2D eigenvalue weighted by molar-refractivity contribution is 0.0909. The second-order valence-corrected chi connectivity index (χ2v) is 5.29. The number of hydrogen-bond donors (Lipinski definition) is 2. The molecule has 1 aromatic rings. The van der Waals surface area contributed by atoms with Crippen LogP contribution in [0.1, 0.15) is 30.1 Å². The Balaban J connectivity index is 1.77. The van der Waals surface area contributed by atoms with E-state index in [4.69, 9.17) is 9.47 Å². The Bertz CT molecular complexity index is 504. The molecule has 2 N–H and O–H groups in total. The van der Waals surface area contributed by atoms with Crippen molar-refractivity contribution in [3.05, 3.63) is 23.8 Å². The zero-order chi connectivity index (χ0) is 13.9. The van der Waals surface area contributed by atoms with E-state index < -0.39 is 0 Å². The van der Waals surface area contributed by atoms with Crippen LogP contribution in [0.5, 0.6) is 11.5 Å². The van der Waals surface area contributed by atoms with E-state index in [2.05, 4.69) is 17.6 Å². The Morgan fingerprint density at radius 3 is 3.05 bits per heavy atom. The van der Waals surface area contributed by atoms with Crippen LogP contribution in [0.3, 0.4) is 0 Å². The highest BCUT2D eigenvalue weighted by Crippen LogP contribution is 2.33. The number of benzene rings is 1. The highest BCUT2D eigenvalue weighted by molar-refractivity contribution is 5.98. The number of rotatable bonds is 2. The van der Waals surface area contributed by atoms with Crippen LogP contribution in [-0.4, -0.2) is 37.7 Å². The van der Waals surface area contributed by atoms with Gasteiger partial charge in [-0.25, -0.2) is 0 Å². The summed E-state index contributed by atoms with van der Waals surface area (Å²) >= 11 is 0. The standard InChI is InChI=1S/C15H20N2O3/c1-10-12(5-3-7-16-10)17-15(18)11-4-2-6-13-14(11)20-9-8-19-13/h2,4,6,10,12,16H,3,5,7-9H2,1H3,(H,17,18). The molecule has 2 aliphatic heterocycles. The van der Waals surface area contributed by atoms with Gasteiger partial charge >= 0.3 is 0 Å². The van der Waals surface area contributed by atoms with Crippen molar-refractivity contribution < 1.29 is 14.3 Å². The molecule has 0 spiro atoms. The first kappa shape index (κ1) is 13.2. The molecule has 0 bridgehead atoms. The van der Waals surface area contributed by atoms with Gasteiger partial charge in [-0.05, 0) is 38.4 Å². The maximum Gasteiger partial charge on any atom is 0.255 e. The third-order valence-corrected chi connectivity index (χ3v) is 3.89. The molecule has 0 aromatic heterocycles. The monoisotopic (exact) mass is 276 g/mol. The zero-order valence-corrected chi connectivity index (χ0v) is 11.6. The van der Waals surface area contributed by atoms with Gasteiger partial charge in [0.2, 0.25) is 0 Å². The van der Waals surface area contributed by atoms with Gasteiger partial charge in [0, 0.05) is 12.1 Å². The fraction of sp³-hybridized carbons (Fsp3) is 0.533. The van der Waals surface area contributed by atoms with Gasteiger partial charge in [0.25, 0.3) is 5.91 Å². The largest absolute Gasteiger partial charge is 0.486 e. The first-order valence-corrected chi connectivity index (χ1v) is 7.18. The van der Waals surface area contributed by atoms with Crippen molar-refractivity contribution in [2.75, 3.05) is 19.8 Å². The zero-order valence-electron chi connectivity index (χ0n) is 11.6. The topological polar surface area (TPSA) is 59.6 Å². The van der Waals surface area contributed by atoms with Crippen molar-refractivity contribution in [3.8, 4) is 11.5 Å². The predicted molar refractivity (Wildman–Crippen MR) is 75.4 cm³/mol. The molecule has 1 aromatic carbocycles. The summed E-state index contributed by atoms with van der Waals surface area (Å²) in [5, 5.41) is 6.48. The Hall–Kier alpha value is -1.75. The van der Waals surface area contributed by atoms with Gasteiger partial charge in [0.05, 0.1) is 5.56 Å². The molecule has 0 radical (unpaired) electrons. The highest BCUT2D eigenvalue weighted by atomic mass is 16.6. The van der Waals surface area contributed by atoms with Crippen molar-refractivity contribution in [3.63, 3.8) is 0 Å². The van der Waals surface area contributed by atoms with Gasteiger partial charge in [0.1, 0.15) is 13.2 Å². The molecular formula is C15H20N2O3. The molecular weight excluding hydrogens is 256 g/mol. The molecule has 108 valence electrons. The highest BCUT2D eigenvalue weighted by Gasteiger charge is 2.26. The minimum Gasteiger partial charge on any atom is -0.486 e. The number of hydrogen-bond acceptors (Lipinski definition) is 4. The maximum absolute atomic E-state index is 12.5. The Morgan fingerprint density at radius 2 is 2.20 bits per heavy atom. The second-order valence-electron chi connectivity index (χ2n) is 5.29. The van der Waals surface area contributed by atoms with Gasteiger partial charge in [-0.2, -0.15) is 0 Å². The van der Waals surface area contributed by atoms with Crippen molar-refractivity contribution in [1.82, 2.24) is 10.6 Å². The van der Waals surface area contributed by atoms with Crippen LogP contribution >= 0.6 is 0 Å². The number of ether oxygens (including phenoxy) is 2. The van der Waals surface area contributed by atoms with Crippen molar-refractivity contribution in [2.24, 2.45) is 0 Å². The van der Waals surface area contributed by atoms with E-state index in [0.717, 1.165) is 19.4 Å². The number of para-hydroxylation sites is 1. The van der Waals surface area contributed by atoms with E-state index >= 15 is 0 Å². The lowest BCUT2D eigenvalue weighted by atomic mass is 9.99. The minimum atomic E-state index is -0.0899. The molecule has 5 heteroatoms. The SMILES string of the molecule is CC1NCCCC1NC(=O)c1cccc2c1OCCO2. The Labute approximate surface area is 118 Å². The number of amides is 1. The number of carbonyl (C=O) groups excluding carboxylic acids is 1. The summed E-state index contributed by atoms with van der Waals surface area (Å²) in [6.45, 7) is 4.13. The van der Waals surface area contributed by atoms with Crippen molar-refractivity contribution in [1.29, 1.82) is 0 Å². The van der Waals surface area contributed by atoms with Gasteiger partial charge in [0.15, 0.2) is 11.5 Å². The smallest absolute Gasteiger partial charge is 0.255 e. The second kappa shape index (κ2) is 5.71. The molecule has 0 saturated carbocycles. The van der Waals surface area contributed by atoms with Crippen LogP contribution in [0.4, 0.5) is 0 Å². The average molecular weight is 276 g/mol. The van der Waals surface area contributed by atoms with E-state index in [9.17, 15) is 4.79 Å². The first-order chi connectivity index (χ1) is 9.75. The van der Waals surface area contributed by atoms with E-state index in [0.29, 0.717) is 36.3 Å². The molecule has 1 fully saturated rings. The molecule has 2 atom stereocenters. The lowest BCUT2D eigenvalue weighted by Crippen LogP contribution is -2.51. The van der Waals surface area contributed by atoms with E-state index in [1.807, 2.05) is 12.1 Å². The molecule has 1 saturated heterocycles. The molecule has 2 aliphatic rings. The molecule has 5 nitrogen and oxygen atoms in total. The van der Waals surface area contributed by atoms with Gasteiger partial charge in [-0.3, -0.25) is 4.79 Å². The van der Waals surface area contributed by atoms with Gasteiger partial charge < -0.3 is 20.1 Å². The van der Waals surface area contributed by atoms with E-state index in [-0.39, 0.29) is 11.9 Å². The van der Waals surface area contributed by atoms with Crippen LogP contribution in [-0.2, 0) is 0 Å². The third-order valence-electron chi connectivity index (χ3n) is 3.89. The van der Waals surface area contributed by atoms with Crippen LogP contribution in [0, 0.1) is 0 Å². The number of piperidine rings is 1. The molecule has 2 heterocycles. The summed E-state index contributed by atoms with van der Waals surface area (Å²) < 4.78 is 11.1. The van der Waals surface area contributed by atoms with Crippen molar-refractivity contribution in [2.45, 2.75) is 31.8 Å². The van der Waals surface area contributed by atoms with Gasteiger partial charge in [-0.1, -0.05) is 6.07 Å². The lowest BCUT2D eigenvalue weighted by Gasteiger charge is -2.31. The Kier molecular flexibility index (Phi) is 3.78. The summed E-state index contributed by atoms with van der Waals surface area (Å²) in [7, 11) is 0. The third kappa shape index (κ3) is 2.58. The summed E-state index contributed by atoms with van der Waals surface area (Å²) in [6, 6.07) is 5.89. The van der Waals surface area contributed by atoms with Crippen molar-refractivity contribution >= 4 is 5.91 Å². The van der Waals surface area contributed by atoms with E-state index in [1.165, 1.54) is 0 Å². The molecule has 2 unspecified atom stereocenters. The normalized spacial score (nSPS) is 25.1. The van der Waals surface area contributed by atoms with E-state index in [1.54, 1.807) is 6.07 Å². The van der Waals surface area contributed by atoms with Gasteiger partial charge in [-0.15, -0.1) is 0 Å². The van der Waals surface area contributed by atoms with Crippen LogP contribution in [0.25, 0.3) is 0 Å². The summed E-state index contributed by atoms with van der Waals surface area (Å²) in [4.78, 5) is 12.5. The fourth-order valence-electron chi connectivity index (χ4n) is 2.74. The fourth-order valence-corrected chi connectivity index (χ4v) is 2.74. The molecule has 3 rings (SSSR count). The number of fused-ring (bicyclic) bond motifs is 1. The predicted octanol–water partition coefficient (Wildman–Crippen LogP) is 1.33. The first-order valence-electron chi connectivity index (χ1n) is 7.18. The maximum atomic E-state index is 12.5. The molecule has 20 heavy (non-hydrogen) atoms. The quantitative estimate of drug-likeness (QED) is 0.855. The summed E-state index contributed by atoms with van der Waals surface area (Å²) in [5.41, 5.74) is 0.556. The molecule has 1 amide bonds. The van der Waals surface area contributed by atoms with Crippen LogP contribution in [0.2, 0.25) is 0 Å². The minimum absolute atomic E-state index is 0.0899. The summed E-state index contributed by atoms with van der Waals surface area (Å²) in [5.74, 6) is 1.12. The Morgan fingerprint density at radius 1 is 1.35 bits per heavy atom. The van der Waals surface area contributed by atoms with Crippen LogP contribution < -0.4 is 20.1 Å². The number of nitrogens with one attached hydrogen (secondary N) is 2. The average Bonchev–Trinajstić information content (AvgIpc) is 2.49. The number of carbonyl (C=O) groups is 1. The molecule has 0 aliphatic carbocycles.